The molecule has 0 radical (unpaired) electrons. The van der Waals surface area contributed by atoms with Gasteiger partial charge in [-0.05, 0) is 73.3 Å². The normalized spacial score (nSPS) is 40.0. The smallest absolute Gasteiger partial charge is 0.0508 e. The van der Waals surface area contributed by atoms with Gasteiger partial charge in [0.1, 0.15) is 0 Å². The number of hydrazine groups is 1. The Bertz CT molecular complexity index is 474. The maximum atomic E-state index is 6.42. The van der Waals surface area contributed by atoms with Gasteiger partial charge in [-0.1, -0.05) is 29.8 Å². The first kappa shape index (κ1) is 13.1. The highest BCUT2D eigenvalue weighted by Gasteiger charge is 2.50. The van der Waals surface area contributed by atoms with Crippen molar-refractivity contribution in [1.29, 1.82) is 0 Å². The van der Waals surface area contributed by atoms with Gasteiger partial charge in [-0.15, -0.1) is 0 Å². The predicted octanol–water partition coefficient (Wildman–Crippen LogP) is 3.92. The van der Waals surface area contributed by atoms with E-state index >= 15 is 0 Å². The Kier molecular flexibility index (Phi) is 3.29. The van der Waals surface area contributed by atoms with Crippen LogP contribution in [0.25, 0.3) is 0 Å². The second kappa shape index (κ2) is 5.01. The molecule has 1 unspecified atom stereocenters. The van der Waals surface area contributed by atoms with Crippen LogP contribution >= 0.6 is 11.6 Å². The molecule has 0 spiro atoms. The molecule has 3 N–H and O–H groups in total. The van der Waals surface area contributed by atoms with Crippen LogP contribution in [0.3, 0.4) is 0 Å². The average molecular weight is 291 g/mol. The van der Waals surface area contributed by atoms with Crippen molar-refractivity contribution in [3.8, 4) is 0 Å². The van der Waals surface area contributed by atoms with Crippen molar-refractivity contribution in [3.63, 3.8) is 0 Å². The SMILES string of the molecule is NNC(c1ccccc1Cl)C1C2CC3CC(C2)CC1C3. The largest absolute Gasteiger partial charge is 0.271 e. The van der Waals surface area contributed by atoms with E-state index in [-0.39, 0.29) is 6.04 Å². The minimum absolute atomic E-state index is 0.221. The van der Waals surface area contributed by atoms with E-state index in [9.17, 15) is 0 Å². The number of benzene rings is 1. The Balaban J connectivity index is 1.67. The molecule has 1 aromatic carbocycles. The molecule has 4 aliphatic rings. The van der Waals surface area contributed by atoms with Gasteiger partial charge in [-0.3, -0.25) is 11.3 Å². The molecule has 0 saturated heterocycles. The summed E-state index contributed by atoms with van der Waals surface area (Å²) in [7, 11) is 0. The van der Waals surface area contributed by atoms with Gasteiger partial charge in [0.25, 0.3) is 0 Å². The molecule has 0 amide bonds. The van der Waals surface area contributed by atoms with Crippen molar-refractivity contribution in [2.75, 3.05) is 0 Å². The molecule has 4 fully saturated rings. The van der Waals surface area contributed by atoms with E-state index in [4.69, 9.17) is 17.4 Å². The van der Waals surface area contributed by atoms with Gasteiger partial charge in [-0.2, -0.15) is 0 Å². The molecule has 5 rings (SSSR count). The zero-order valence-electron chi connectivity index (χ0n) is 11.8. The number of hydrogen-bond donors (Lipinski definition) is 2. The summed E-state index contributed by atoms with van der Waals surface area (Å²) in [5, 5.41) is 0.851. The fourth-order valence-electron chi connectivity index (χ4n) is 5.65. The Hall–Kier alpha value is -0.570. The lowest BCUT2D eigenvalue weighted by molar-refractivity contribution is -0.0525. The van der Waals surface area contributed by atoms with Crippen molar-refractivity contribution in [1.82, 2.24) is 5.43 Å². The first-order valence-corrected chi connectivity index (χ1v) is 8.34. The summed E-state index contributed by atoms with van der Waals surface area (Å²) in [5.74, 6) is 10.3. The van der Waals surface area contributed by atoms with Crippen molar-refractivity contribution >= 4 is 11.6 Å². The Morgan fingerprint density at radius 1 is 1.00 bits per heavy atom. The van der Waals surface area contributed by atoms with E-state index in [1.807, 2.05) is 12.1 Å². The number of halogens is 1. The lowest BCUT2D eigenvalue weighted by Crippen LogP contribution is -2.50. The molecule has 0 aromatic heterocycles. The first-order chi connectivity index (χ1) is 9.76. The fraction of sp³-hybridized carbons (Fsp3) is 0.647. The minimum atomic E-state index is 0.221. The molecule has 4 bridgehead atoms. The number of nitrogens with one attached hydrogen (secondary N) is 1. The zero-order chi connectivity index (χ0) is 13.7. The van der Waals surface area contributed by atoms with Gasteiger partial charge in [0.15, 0.2) is 0 Å². The van der Waals surface area contributed by atoms with Gasteiger partial charge >= 0.3 is 0 Å². The second-order valence-electron chi connectivity index (χ2n) is 7.17. The number of rotatable bonds is 3. The molecule has 108 valence electrons. The fourth-order valence-corrected chi connectivity index (χ4v) is 5.90. The first-order valence-electron chi connectivity index (χ1n) is 7.96. The van der Waals surface area contributed by atoms with E-state index in [1.54, 1.807) is 0 Å². The van der Waals surface area contributed by atoms with Crippen LogP contribution in [-0.4, -0.2) is 0 Å². The standard InChI is InChI=1S/C17H23ClN2/c18-15-4-2-1-3-14(15)17(20-19)16-12-6-10-5-11(8-12)9-13(16)7-10/h1-4,10-13,16-17,20H,5-9,19H2. The lowest BCUT2D eigenvalue weighted by atomic mass is 9.50. The number of hydrogen-bond acceptors (Lipinski definition) is 2. The van der Waals surface area contributed by atoms with Crippen LogP contribution in [0.15, 0.2) is 24.3 Å². The van der Waals surface area contributed by atoms with Gasteiger partial charge < -0.3 is 0 Å². The van der Waals surface area contributed by atoms with E-state index in [0.717, 1.165) is 28.7 Å². The quantitative estimate of drug-likeness (QED) is 0.654. The van der Waals surface area contributed by atoms with Crippen LogP contribution in [0.1, 0.15) is 43.7 Å². The third kappa shape index (κ3) is 2.01. The third-order valence-electron chi connectivity index (χ3n) is 6.10. The minimum Gasteiger partial charge on any atom is -0.271 e. The molecule has 2 nitrogen and oxygen atoms in total. The highest BCUT2D eigenvalue weighted by atomic mass is 35.5. The summed E-state index contributed by atoms with van der Waals surface area (Å²) in [5.41, 5.74) is 4.29. The van der Waals surface area contributed by atoms with E-state index in [2.05, 4.69) is 17.6 Å². The molecule has 20 heavy (non-hydrogen) atoms. The highest BCUT2D eigenvalue weighted by Crippen LogP contribution is 2.59. The van der Waals surface area contributed by atoms with Crippen LogP contribution in [0, 0.1) is 29.6 Å². The summed E-state index contributed by atoms with van der Waals surface area (Å²) >= 11 is 6.42. The van der Waals surface area contributed by atoms with Gasteiger partial charge in [0.2, 0.25) is 0 Å². The monoisotopic (exact) mass is 290 g/mol. The van der Waals surface area contributed by atoms with Crippen LogP contribution in [-0.2, 0) is 0 Å². The molecule has 4 aliphatic carbocycles. The Labute approximate surface area is 126 Å². The van der Waals surface area contributed by atoms with E-state index in [1.165, 1.54) is 37.7 Å². The topological polar surface area (TPSA) is 38.0 Å². The number of nitrogens with two attached hydrogens (primary N) is 1. The van der Waals surface area contributed by atoms with Crippen molar-refractivity contribution in [2.24, 2.45) is 35.4 Å². The van der Waals surface area contributed by atoms with E-state index in [0.29, 0.717) is 5.92 Å². The summed E-state index contributed by atoms with van der Waals surface area (Å²) < 4.78 is 0. The molecule has 1 atom stereocenters. The molecule has 0 aliphatic heterocycles. The maximum Gasteiger partial charge on any atom is 0.0508 e. The van der Waals surface area contributed by atoms with Crippen LogP contribution in [0.2, 0.25) is 5.02 Å². The molecule has 4 saturated carbocycles. The van der Waals surface area contributed by atoms with E-state index < -0.39 is 0 Å². The average Bonchev–Trinajstić information content (AvgIpc) is 2.43. The van der Waals surface area contributed by atoms with Crippen molar-refractivity contribution in [3.05, 3.63) is 34.9 Å². The molecular formula is C17H23ClN2. The van der Waals surface area contributed by atoms with Gasteiger partial charge in [0, 0.05) is 5.02 Å². The molecule has 3 heteroatoms. The summed E-state index contributed by atoms with van der Waals surface area (Å²) in [4.78, 5) is 0. The zero-order valence-corrected chi connectivity index (χ0v) is 12.5. The lowest BCUT2D eigenvalue weighted by Gasteiger charge is -2.56. The van der Waals surface area contributed by atoms with Crippen LogP contribution in [0.5, 0.6) is 0 Å². The van der Waals surface area contributed by atoms with Crippen LogP contribution in [0.4, 0.5) is 0 Å². The summed E-state index contributed by atoms with van der Waals surface area (Å²) in [6.45, 7) is 0. The molecule has 1 aromatic rings. The van der Waals surface area contributed by atoms with Gasteiger partial charge in [-0.25, -0.2) is 0 Å². The van der Waals surface area contributed by atoms with Crippen LogP contribution < -0.4 is 11.3 Å². The van der Waals surface area contributed by atoms with Crippen molar-refractivity contribution < 1.29 is 0 Å². The van der Waals surface area contributed by atoms with Crippen molar-refractivity contribution in [2.45, 2.75) is 38.1 Å². The third-order valence-corrected chi connectivity index (χ3v) is 6.45. The molecule has 0 heterocycles. The summed E-state index contributed by atoms with van der Waals surface area (Å²) in [6, 6.07) is 8.41. The Morgan fingerprint density at radius 3 is 2.15 bits per heavy atom. The summed E-state index contributed by atoms with van der Waals surface area (Å²) in [6.07, 6.45) is 7.16. The Morgan fingerprint density at radius 2 is 1.60 bits per heavy atom. The highest BCUT2D eigenvalue weighted by molar-refractivity contribution is 6.31. The molecular weight excluding hydrogens is 268 g/mol. The predicted molar refractivity (Wildman–Crippen MR) is 82.1 cm³/mol. The maximum absolute atomic E-state index is 6.42. The van der Waals surface area contributed by atoms with Gasteiger partial charge in [0.05, 0.1) is 6.04 Å². The second-order valence-corrected chi connectivity index (χ2v) is 7.58.